The zero-order valence-corrected chi connectivity index (χ0v) is 19.6. The van der Waals surface area contributed by atoms with Gasteiger partial charge in [-0.15, -0.1) is 6.58 Å². The molecule has 2 aromatic carbocycles. The molecule has 0 bridgehead atoms. The molecule has 1 heterocycles. The lowest BCUT2D eigenvalue weighted by Gasteiger charge is -2.25. The van der Waals surface area contributed by atoms with Crippen LogP contribution in [0.3, 0.4) is 0 Å². The molecule has 0 aliphatic carbocycles. The average molecular weight is 472 g/mol. The van der Waals surface area contributed by atoms with E-state index in [-0.39, 0.29) is 5.91 Å². The molecule has 1 saturated heterocycles. The summed E-state index contributed by atoms with van der Waals surface area (Å²) in [6.45, 7) is 9.64. The topological polar surface area (TPSA) is 72.4 Å². The Labute approximate surface area is 200 Å². The molecule has 0 saturated carbocycles. The van der Waals surface area contributed by atoms with Crippen molar-refractivity contribution in [2.45, 2.75) is 20.0 Å². The Morgan fingerprint density at radius 1 is 1.24 bits per heavy atom. The Bertz CT molecular complexity index is 974. The molecule has 0 atom stereocenters. The molecule has 2 aromatic rings. The molecule has 1 fully saturated rings. The molecule has 0 radical (unpaired) electrons. The smallest absolute Gasteiger partial charge is 0.254 e. The SMILES string of the molecule is C=CCc1cc(/C=N/NC(=O)CN2CCOCC2)cc(OCC)c1OCc1ccccc1Cl. The second kappa shape index (κ2) is 13.0. The third-order valence-corrected chi connectivity index (χ3v) is 5.39. The zero-order chi connectivity index (χ0) is 23.5. The van der Waals surface area contributed by atoms with Crippen LogP contribution in [-0.2, 0) is 22.6 Å². The highest BCUT2D eigenvalue weighted by molar-refractivity contribution is 6.31. The highest BCUT2D eigenvalue weighted by Gasteiger charge is 2.15. The number of rotatable bonds is 11. The van der Waals surface area contributed by atoms with Gasteiger partial charge in [-0.1, -0.05) is 35.9 Å². The number of benzene rings is 2. The number of ether oxygens (including phenoxy) is 3. The predicted molar refractivity (Wildman–Crippen MR) is 130 cm³/mol. The Morgan fingerprint density at radius 3 is 2.76 bits per heavy atom. The van der Waals surface area contributed by atoms with E-state index >= 15 is 0 Å². The fourth-order valence-corrected chi connectivity index (χ4v) is 3.62. The Balaban J connectivity index is 1.72. The van der Waals surface area contributed by atoms with Crippen molar-refractivity contribution in [2.24, 2.45) is 5.10 Å². The van der Waals surface area contributed by atoms with Crippen LogP contribution in [0.1, 0.15) is 23.6 Å². The maximum absolute atomic E-state index is 12.2. The van der Waals surface area contributed by atoms with Gasteiger partial charge in [0.1, 0.15) is 6.61 Å². The lowest BCUT2D eigenvalue weighted by molar-refractivity contribution is -0.123. The monoisotopic (exact) mass is 471 g/mol. The number of carbonyl (C=O) groups excluding carboxylic acids is 1. The van der Waals surface area contributed by atoms with Gasteiger partial charge < -0.3 is 14.2 Å². The van der Waals surface area contributed by atoms with E-state index in [1.165, 1.54) is 0 Å². The van der Waals surface area contributed by atoms with Crippen LogP contribution in [0.2, 0.25) is 5.02 Å². The lowest BCUT2D eigenvalue weighted by Crippen LogP contribution is -2.42. The summed E-state index contributed by atoms with van der Waals surface area (Å²) < 4.78 is 17.3. The van der Waals surface area contributed by atoms with Gasteiger partial charge in [-0.3, -0.25) is 9.69 Å². The van der Waals surface area contributed by atoms with E-state index in [1.807, 2.05) is 48.2 Å². The van der Waals surface area contributed by atoms with Crippen LogP contribution >= 0.6 is 11.6 Å². The molecule has 1 aliphatic rings. The van der Waals surface area contributed by atoms with Crippen molar-refractivity contribution in [3.05, 3.63) is 70.8 Å². The van der Waals surface area contributed by atoms with E-state index in [1.54, 1.807) is 12.3 Å². The van der Waals surface area contributed by atoms with Crippen molar-refractivity contribution in [1.82, 2.24) is 10.3 Å². The van der Waals surface area contributed by atoms with Gasteiger partial charge in [0.05, 0.1) is 32.6 Å². The number of allylic oxidation sites excluding steroid dienone is 1. The largest absolute Gasteiger partial charge is 0.490 e. The van der Waals surface area contributed by atoms with Gasteiger partial charge >= 0.3 is 0 Å². The number of nitrogens with one attached hydrogen (secondary N) is 1. The summed E-state index contributed by atoms with van der Waals surface area (Å²) in [6.07, 6.45) is 3.99. The van der Waals surface area contributed by atoms with Crippen molar-refractivity contribution in [1.29, 1.82) is 0 Å². The molecule has 0 aromatic heterocycles. The van der Waals surface area contributed by atoms with Crippen molar-refractivity contribution in [3.63, 3.8) is 0 Å². The number of halogens is 1. The third-order valence-electron chi connectivity index (χ3n) is 5.02. The molecule has 7 nitrogen and oxygen atoms in total. The van der Waals surface area contributed by atoms with Crippen LogP contribution in [0.25, 0.3) is 0 Å². The molecule has 3 rings (SSSR count). The molecule has 1 N–H and O–H groups in total. The first-order chi connectivity index (χ1) is 16.1. The van der Waals surface area contributed by atoms with E-state index in [9.17, 15) is 4.79 Å². The zero-order valence-electron chi connectivity index (χ0n) is 18.9. The van der Waals surface area contributed by atoms with Crippen molar-refractivity contribution >= 4 is 23.7 Å². The van der Waals surface area contributed by atoms with Crippen LogP contribution in [0.5, 0.6) is 11.5 Å². The van der Waals surface area contributed by atoms with E-state index in [0.717, 1.165) is 29.8 Å². The fourth-order valence-electron chi connectivity index (χ4n) is 3.43. The summed E-state index contributed by atoms with van der Waals surface area (Å²) in [5, 5.41) is 4.77. The number of amides is 1. The minimum absolute atomic E-state index is 0.163. The first kappa shape index (κ1) is 24.8. The van der Waals surface area contributed by atoms with E-state index in [4.69, 9.17) is 25.8 Å². The van der Waals surface area contributed by atoms with Crippen molar-refractivity contribution < 1.29 is 19.0 Å². The minimum Gasteiger partial charge on any atom is -0.490 e. The minimum atomic E-state index is -0.163. The molecule has 176 valence electrons. The number of morpholine rings is 1. The lowest BCUT2D eigenvalue weighted by atomic mass is 10.1. The van der Waals surface area contributed by atoms with Crippen LogP contribution in [0, 0.1) is 0 Å². The molecular weight excluding hydrogens is 442 g/mol. The summed E-state index contributed by atoms with van der Waals surface area (Å²) in [4.78, 5) is 14.2. The fraction of sp³-hybridized carbons (Fsp3) is 0.360. The van der Waals surface area contributed by atoms with Gasteiger partial charge in [-0.25, -0.2) is 5.43 Å². The van der Waals surface area contributed by atoms with Crippen LogP contribution in [-0.4, -0.2) is 56.5 Å². The molecule has 33 heavy (non-hydrogen) atoms. The second-order valence-corrected chi connectivity index (χ2v) is 7.90. The molecule has 8 heteroatoms. The molecular formula is C25H30ClN3O4. The van der Waals surface area contributed by atoms with Gasteiger partial charge in [0, 0.05) is 29.2 Å². The van der Waals surface area contributed by atoms with Gasteiger partial charge in [-0.05, 0) is 37.1 Å². The highest BCUT2D eigenvalue weighted by Crippen LogP contribution is 2.34. The van der Waals surface area contributed by atoms with Crippen LogP contribution in [0.4, 0.5) is 0 Å². The van der Waals surface area contributed by atoms with Gasteiger partial charge in [0.15, 0.2) is 11.5 Å². The van der Waals surface area contributed by atoms with Gasteiger partial charge in [-0.2, -0.15) is 5.10 Å². The van der Waals surface area contributed by atoms with E-state index in [0.29, 0.717) is 55.9 Å². The number of carbonyl (C=O) groups is 1. The number of hydrazone groups is 1. The summed E-state index contributed by atoms with van der Waals surface area (Å²) in [6, 6.07) is 11.4. The first-order valence-electron chi connectivity index (χ1n) is 11.0. The predicted octanol–water partition coefficient (Wildman–Crippen LogP) is 3.83. The Hall–Kier alpha value is -2.87. The maximum atomic E-state index is 12.2. The van der Waals surface area contributed by atoms with Crippen LogP contribution in [0.15, 0.2) is 54.2 Å². The van der Waals surface area contributed by atoms with Gasteiger partial charge in [0.2, 0.25) is 0 Å². The molecule has 1 aliphatic heterocycles. The maximum Gasteiger partial charge on any atom is 0.254 e. The Kier molecular flexibility index (Phi) is 9.75. The summed E-state index contributed by atoms with van der Waals surface area (Å²) in [5.41, 5.74) is 5.17. The molecule has 0 spiro atoms. The van der Waals surface area contributed by atoms with Crippen LogP contribution < -0.4 is 14.9 Å². The summed E-state index contributed by atoms with van der Waals surface area (Å²) in [5.74, 6) is 1.08. The van der Waals surface area contributed by atoms with Crippen molar-refractivity contribution in [2.75, 3.05) is 39.5 Å². The first-order valence-corrected chi connectivity index (χ1v) is 11.4. The highest BCUT2D eigenvalue weighted by atomic mass is 35.5. The number of hydrogen-bond acceptors (Lipinski definition) is 6. The summed E-state index contributed by atoms with van der Waals surface area (Å²) >= 11 is 6.27. The molecule has 1 amide bonds. The summed E-state index contributed by atoms with van der Waals surface area (Å²) in [7, 11) is 0. The average Bonchev–Trinajstić information content (AvgIpc) is 2.81. The number of nitrogens with zero attached hydrogens (tertiary/aromatic N) is 2. The standard InChI is InChI=1S/C25H30ClN3O4/c1-3-7-20-14-19(16-27-28-24(30)17-29-10-12-31-13-11-29)15-23(32-4-2)25(20)33-18-21-8-5-6-9-22(21)26/h3,5-6,8-9,14-16H,1,4,7,10-13,17-18H2,2H3,(H,28,30)/b27-16+. The second-order valence-electron chi connectivity index (χ2n) is 7.49. The quantitative estimate of drug-likeness (QED) is 0.306. The Morgan fingerprint density at radius 2 is 2.03 bits per heavy atom. The number of hydrogen-bond donors (Lipinski definition) is 1. The van der Waals surface area contributed by atoms with E-state index < -0.39 is 0 Å². The van der Waals surface area contributed by atoms with E-state index in [2.05, 4.69) is 17.1 Å². The third kappa shape index (κ3) is 7.60. The normalized spacial score (nSPS) is 14.2. The molecule has 0 unspecified atom stereocenters. The van der Waals surface area contributed by atoms with Gasteiger partial charge in [0.25, 0.3) is 5.91 Å². The van der Waals surface area contributed by atoms with Crippen molar-refractivity contribution in [3.8, 4) is 11.5 Å².